The zero-order chi connectivity index (χ0) is 21.6. The van der Waals surface area contributed by atoms with Crippen LogP contribution in [0.3, 0.4) is 0 Å². The van der Waals surface area contributed by atoms with Crippen LogP contribution in [0.5, 0.6) is 0 Å². The van der Waals surface area contributed by atoms with Gasteiger partial charge in [-0.1, -0.05) is 48.8 Å². The van der Waals surface area contributed by atoms with Crippen LogP contribution in [0.15, 0.2) is 59.1 Å². The van der Waals surface area contributed by atoms with E-state index in [0.29, 0.717) is 30.2 Å². The van der Waals surface area contributed by atoms with Crippen LogP contribution in [0, 0.1) is 0 Å². The summed E-state index contributed by atoms with van der Waals surface area (Å²) in [5, 5.41) is 6.81. The Labute approximate surface area is 181 Å². The van der Waals surface area contributed by atoms with Crippen LogP contribution in [0.1, 0.15) is 59.7 Å². The molecule has 1 aliphatic rings. The van der Waals surface area contributed by atoms with Crippen LogP contribution in [0.2, 0.25) is 0 Å². The highest BCUT2D eigenvalue weighted by Gasteiger charge is 2.34. The first kappa shape index (κ1) is 20.8. The molecule has 1 aliphatic heterocycles. The average molecular weight is 418 g/mol. The number of amides is 2. The summed E-state index contributed by atoms with van der Waals surface area (Å²) in [7, 11) is 0. The van der Waals surface area contributed by atoms with E-state index in [-0.39, 0.29) is 24.3 Å². The van der Waals surface area contributed by atoms with Gasteiger partial charge >= 0.3 is 0 Å². The monoisotopic (exact) mass is 418 g/mol. The van der Waals surface area contributed by atoms with E-state index < -0.39 is 0 Å². The fourth-order valence-electron chi connectivity index (χ4n) is 3.71. The third kappa shape index (κ3) is 4.99. The van der Waals surface area contributed by atoms with E-state index in [2.05, 4.69) is 34.5 Å². The predicted molar refractivity (Wildman–Crippen MR) is 117 cm³/mol. The van der Waals surface area contributed by atoms with Gasteiger partial charge in [-0.05, 0) is 42.7 Å². The van der Waals surface area contributed by atoms with Crippen molar-refractivity contribution < 1.29 is 14.1 Å². The molecular weight excluding hydrogens is 392 g/mol. The highest BCUT2D eigenvalue weighted by Crippen LogP contribution is 2.30. The molecule has 1 aromatic heterocycles. The van der Waals surface area contributed by atoms with Gasteiger partial charge in [0.25, 0.3) is 5.91 Å². The maximum atomic E-state index is 12.6. The number of hydrogen-bond donors (Lipinski definition) is 1. The van der Waals surface area contributed by atoms with Gasteiger partial charge in [-0.15, -0.1) is 0 Å². The van der Waals surface area contributed by atoms with E-state index in [0.717, 1.165) is 24.9 Å². The largest absolute Gasteiger partial charge is 0.343 e. The van der Waals surface area contributed by atoms with Gasteiger partial charge in [0.15, 0.2) is 5.82 Å². The average Bonchev–Trinajstić information content (AvgIpc) is 3.43. The summed E-state index contributed by atoms with van der Waals surface area (Å²) in [5.74, 6) is 0.541. The summed E-state index contributed by atoms with van der Waals surface area (Å²) in [5.41, 5.74) is 2.75. The highest BCUT2D eigenvalue weighted by atomic mass is 16.5. The molecule has 2 heterocycles. The third-order valence-corrected chi connectivity index (χ3v) is 5.48. The summed E-state index contributed by atoms with van der Waals surface area (Å²) < 4.78 is 5.29. The van der Waals surface area contributed by atoms with Crippen LogP contribution in [0.25, 0.3) is 0 Å². The summed E-state index contributed by atoms with van der Waals surface area (Å²) >= 11 is 0. The van der Waals surface area contributed by atoms with E-state index in [4.69, 9.17) is 4.52 Å². The number of carbonyl (C=O) groups excluding carboxylic acids is 2. The first-order valence-electron chi connectivity index (χ1n) is 10.7. The highest BCUT2D eigenvalue weighted by molar-refractivity contribution is 5.96. The van der Waals surface area contributed by atoms with Crippen molar-refractivity contribution in [1.29, 1.82) is 0 Å². The van der Waals surface area contributed by atoms with Gasteiger partial charge in [-0.25, -0.2) is 0 Å². The fourth-order valence-corrected chi connectivity index (χ4v) is 3.71. The van der Waals surface area contributed by atoms with Crippen LogP contribution < -0.4 is 10.2 Å². The number of nitrogens with zero attached hydrogens (tertiary/aromatic N) is 3. The number of carbonyl (C=O) groups is 2. The van der Waals surface area contributed by atoms with E-state index in [1.54, 1.807) is 29.2 Å². The lowest BCUT2D eigenvalue weighted by atomic mass is 10.1. The predicted octanol–water partition coefficient (Wildman–Crippen LogP) is 3.86. The number of aryl methyl sites for hydroxylation is 1. The van der Waals surface area contributed by atoms with Crippen molar-refractivity contribution >= 4 is 17.5 Å². The summed E-state index contributed by atoms with van der Waals surface area (Å²) in [6.07, 6.45) is 3.72. The molecule has 2 aromatic carbocycles. The van der Waals surface area contributed by atoms with Gasteiger partial charge < -0.3 is 14.7 Å². The van der Waals surface area contributed by atoms with Gasteiger partial charge in [0.2, 0.25) is 11.8 Å². The molecule has 1 unspecified atom stereocenters. The fraction of sp³-hybridized carbons (Fsp3) is 0.333. The molecule has 0 radical (unpaired) electrons. The van der Waals surface area contributed by atoms with Crippen molar-refractivity contribution in [2.24, 2.45) is 0 Å². The second-order valence-corrected chi connectivity index (χ2v) is 7.77. The quantitative estimate of drug-likeness (QED) is 0.600. The summed E-state index contributed by atoms with van der Waals surface area (Å²) in [6, 6.07) is 17.1. The van der Waals surface area contributed by atoms with Gasteiger partial charge in [0.1, 0.15) is 0 Å². The maximum absolute atomic E-state index is 12.6. The summed E-state index contributed by atoms with van der Waals surface area (Å²) in [4.78, 5) is 30.9. The van der Waals surface area contributed by atoms with E-state index in [1.807, 2.05) is 18.2 Å². The number of unbranched alkanes of at least 4 members (excludes halogenated alkanes) is 1. The molecule has 2 amide bonds. The number of rotatable bonds is 8. The zero-order valence-electron chi connectivity index (χ0n) is 17.6. The number of benzene rings is 2. The molecule has 1 N–H and O–H groups in total. The third-order valence-electron chi connectivity index (χ3n) is 5.48. The molecule has 31 heavy (non-hydrogen) atoms. The van der Waals surface area contributed by atoms with E-state index in [9.17, 15) is 9.59 Å². The Morgan fingerprint density at radius 1 is 1.16 bits per heavy atom. The van der Waals surface area contributed by atoms with Crippen LogP contribution in [-0.4, -0.2) is 28.5 Å². The molecule has 7 nitrogen and oxygen atoms in total. The lowest BCUT2D eigenvalue weighted by Crippen LogP contribution is -2.24. The molecule has 4 rings (SSSR count). The van der Waals surface area contributed by atoms with Crippen molar-refractivity contribution in [2.45, 2.75) is 45.1 Å². The second-order valence-electron chi connectivity index (χ2n) is 7.77. The molecule has 1 atom stereocenters. The molecule has 1 fully saturated rings. The van der Waals surface area contributed by atoms with E-state index in [1.165, 1.54) is 5.56 Å². The van der Waals surface area contributed by atoms with Crippen molar-refractivity contribution in [2.75, 3.05) is 11.4 Å². The zero-order valence-corrected chi connectivity index (χ0v) is 17.6. The Morgan fingerprint density at radius 2 is 1.94 bits per heavy atom. The van der Waals surface area contributed by atoms with Gasteiger partial charge in [0.05, 0.1) is 6.54 Å². The molecule has 0 spiro atoms. The molecule has 7 heteroatoms. The number of hydrogen-bond acceptors (Lipinski definition) is 5. The van der Waals surface area contributed by atoms with Gasteiger partial charge in [-0.2, -0.15) is 4.98 Å². The topological polar surface area (TPSA) is 88.3 Å². The molecule has 0 saturated carbocycles. The van der Waals surface area contributed by atoms with E-state index >= 15 is 0 Å². The van der Waals surface area contributed by atoms with Crippen LogP contribution in [0.4, 0.5) is 5.69 Å². The first-order chi connectivity index (χ1) is 15.1. The molecule has 160 valence electrons. The lowest BCUT2D eigenvalue weighted by Gasteiger charge is -2.16. The van der Waals surface area contributed by atoms with Crippen LogP contribution in [-0.2, 0) is 17.8 Å². The van der Waals surface area contributed by atoms with Gasteiger partial charge in [-0.3, -0.25) is 9.59 Å². The van der Waals surface area contributed by atoms with Crippen molar-refractivity contribution in [1.82, 2.24) is 15.5 Å². The molecule has 0 aliphatic carbocycles. The first-order valence-corrected chi connectivity index (χ1v) is 10.7. The summed E-state index contributed by atoms with van der Waals surface area (Å²) in [6.45, 7) is 2.84. The Kier molecular flexibility index (Phi) is 6.40. The SMILES string of the molecule is CCCCc1ccc(N2CC(c3noc(CNC(=O)c4ccccc4)n3)CC2=O)cc1. The Hall–Kier alpha value is -3.48. The van der Waals surface area contributed by atoms with Gasteiger partial charge in [0, 0.05) is 30.1 Å². The Bertz CT molecular complexity index is 1030. The lowest BCUT2D eigenvalue weighted by molar-refractivity contribution is -0.117. The van der Waals surface area contributed by atoms with Crippen molar-refractivity contribution in [3.05, 3.63) is 77.4 Å². The number of nitrogens with one attached hydrogen (secondary N) is 1. The Balaban J connectivity index is 1.35. The Morgan fingerprint density at radius 3 is 2.68 bits per heavy atom. The minimum Gasteiger partial charge on any atom is -0.343 e. The normalized spacial score (nSPS) is 16.0. The number of aromatic nitrogens is 2. The second kappa shape index (κ2) is 9.55. The molecule has 0 bridgehead atoms. The van der Waals surface area contributed by atoms with Crippen LogP contribution >= 0.6 is 0 Å². The molecule has 3 aromatic rings. The maximum Gasteiger partial charge on any atom is 0.251 e. The van der Waals surface area contributed by atoms with Crippen molar-refractivity contribution in [3.63, 3.8) is 0 Å². The van der Waals surface area contributed by atoms with Crippen molar-refractivity contribution in [3.8, 4) is 0 Å². The smallest absolute Gasteiger partial charge is 0.251 e. The molecule has 1 saturated heterocycles. The standard InChI is InChI=1S/C24H26N4O3/c1-2-3-7-17-10-12-20(13-11-17)28-16-19(14-22(28)29)23-26-21(31-27-23)15-25-24(30)18-8-5-4-6-9-18/h4-6,8-13,19H,2-3,7,14-16H2,1H3,(H,25,30). The molecular formula is C24H26N4O3. The number of anilines is 1. The minimum atomic E-state index is -0.204. The minimum absolute atomic E-state index is 0.0510.